The summed E-state index contributed by atoms with van der Waals surface area (Å²) in [6.45, 7) is 7.53. The van der Waals surface area contributed by atoms with Crippen LogP contribution in [0.15, 0.2) is 46.9 Å². The summed E-state index contributed by atoms with van der Waals surface area (Å²) in [5.41, 5.74) is 4.25. The molecule has 1 atom stereocenters. The van der Waals surface area contributed by atoms with E-state index in [0.29, 0.717) is 23.5 Å². The molecule has 31 heavy (non-hydrogen) atoms. The van der Waals surface area contributed by atoms with Crippen molar-refractivity contribution in [2.45, 2.75) is 39.3 Å². The second-order valence-corrected chi connectivity index (χ2v) is 8.94. The Kier molecular flexibility index (Phi) is 6.98. The molecule has 161 valence electrons. The van der Waals surface area contributed by atoms with Gasteiger partial charge in [0.2, 0.25) is 0 Å². The third-order valence-electron chi connectivity index (χ3n) is 5.39. The zero-order valence-electron chi connectivity index (χ0n) is 18.1. The van der Waals surface area contributed by atoms with Gasteiger partial charge in [0.05, 0.1) is 0 Å². The Morgan fingerprint density at radius 2 is 2.16 bits per heavy atom. The summed E-state index contributed by atoms with van der Waals surface area (Å²) in [5.74, 6) is 0.498. The van der Waals surface area contributed by atoms with Gasteiger partial charge in [0.1, 0.15) is 0 Å². The van der Waals surface area contributed by atoms with E-state index in [1.165, 1.54) is 0 Å². The van der Waals surface area contributed by atoms with Crippen LogP contribution in [0.5, 0.6) is 0 Å². The van der Waals surface area contributed by atoms with Crippen molar-refractivity contribution >= 4 is 41.8 Å². The van der Waals surface area contributed by atoms with Crippen LogP contribution < -0.4 is 5.32 Å². The molecule has 0 spiro atoms. The first-order chi connectivity index (χ1) is 15.0. The van der Waals surface area contributed by atoms with Crippen LogP contribution in [0.1, 0.15) is 37.8 Å². The number of benzene rings is 2. The van der Waals surface area contributed by atoms with Crippen LogP contribution in [0, 0.1) is 5.92 Å². The number of oxazole rings is 1. The van der Waals surface area contributed by atoms with Crippen molar-refractivity contribution in [3.63, 3.8) is 0 Å². The Morgan fingerprint density at radius 1 is 1.29 bits per heavy atom. The Bertz CT molecular complexity index is 1050. The maximum absolute atomic E-state index is 6.61. The van der Waals surface area contributed by atoms with Gasteiger partial charge >= 0.3 is 190 Å². The van der Waals surface area contributed by atoms with Crippen molar-refractivity contribution in [1.82, 2.24) is 9.88 Å². The standard InChI is InChI=1S/C24H28BClN3O2/c1-16(2)14-29(15-20-7-4-10-30-20)23(25)18-8-9-22-21(12-18)28-24(31-22)27-13-17-5-3-6-19(26)11-17/h3,5-6,8-9,11-12,16,20H,4,7,10,13-15H2,1-2H3,(H,27,28). The van der Waals surface area contributed by atoms with E-state index in [9.17, 15) is 0 Å². The van der Waals surface area contributed by atoms with E-state index >= 15 is 0 Å². The number of rotatable bonds is 9. The Hall–Kier alpha value is -2.31. The quantitative estimate of drug-likeness (QED) is 0.485. The van der Waals surface area contributed by atoms with E-state index in [-0.39, 0.29) is 6.10 Å². The molecule has 0 saturated carbocycles. The van der Waals surface area contributed by atoms with Crippen LogP contribution >= 0.6 is 11.6 Å². The molecule has 2 heterocycles. The number of aromatic nitrogens is 1. The molecule has 1 unspecified atom stereocenters. The van der Waals surface area contributed by atoms with Crippen LogP contribution in [0.3, 0.4) is 0 Å². The molecule has 0 amide bonds. The zero-order valence-corrected chi connectivity index (χ0v) is 18.9. The first-order valence-corrected chi connectivity index (χ1v) is 11.2. The molecule has 1 saturated heterocycles. The third-order valence-corrected chi connectivity index (χ3v) is 5.63. The van der Waals surface area contributed by atoms with Crippen LogP contribution in [0.4, 0.5) is 6.01 Å². The normalized spacial score (nSPS) is 16.2. The minimum atomic E-state index is 0.246. The fourth-order valence-corrected chi connectivity index (χ4v) is 4.13. The molecule has 1 N–H and O–H groups in total. The third kappa shape index (κ3) is 5.69. The van der Waals surface area contributed by atoms with Gasteiger partial charge in [-0.15, -0.1) is 0 Å². The van der Waals surface area contributed by atoms with E-state index in [1.54, 1.807) is 0 Å². The molecule has 1 fully saturated rings. The van der Waals surface area contributed by atoms with E-state index < -0.39 is 0 Å². The summed E-state index contributed by atoms with van der Waals surface area (Å²) in [7, 11) is 6.61. The average molecular weight is 437 g/mol. The first kappa shape index (κ1) is 21.9. The molecule has 2 aromatic carbocycles. The topological polar surface area (TPSA) is 50.5 Å². The van der Waals surface area contributed by atoms with Gasteiger partial charge in [-0.1, -0.05) is 0 Å². The Balaban J connectivity index is 1.48. The predicted octanol–water partition coefficient (Wildman–Crippen LogP) is 4.88. The number of hydrogen-bond donors (Lipinski definition) is 1. The fourth-order valence-electron chi connectivity index (χ4n) is 3.92. The van der Waals surface area contributed by atoms with Crippen molar-refractivity contribution in [3.8, 4) is 0 Å². The molecule has 1 radical (unpaired) electrons. The van der Waals surface area contributed by atoms with Gasteiger partial charge < -0.3 is 0 Å². The number of ether oxygens (including phenoxy) is 1. The van der Waals surface area contributed by atoms with Gasteiger partial charge in [-0.25, -0.2) is 0 Å². The van der Waals surface area contributed by atoms with Gasteiger partial charge in [-0.3, -0.25) is 0 Å². The molecule has 1 aromatic heterocycles. The number of hydrogen-bond acceptors (Lipinski definition) is 5. The zero-order chi connectivity index (χ0) is 21.8. The summed E-state index contributed by atoms with van der Waals surface area (Å²) in [6.07, 6.45) is 2.46. The van der Waals surface area contributed by atoms with Crippen molar-refractivity contribution < 1.29 is 9.15 Å². The molecule has 1 aliphatic rings. The van der Waals surface area contributed by atoms with Gasteiger partial charge in [-0.2, -0.15) is 0 Å². The van der Waals surface area contributed by atoms with Crippen molar-refractivity contribution in [2.24, 2.45) is 5.92 Å². The van der Waals surface area contributed by atoms with Crippen molar-refractivity contribution in [1.29, 1.82) is 0 Å². The molecular weight excluding hydrogens is 409 g/mol. The number of nitrogens with one attached hydrogen (secondary N) is 1. The molecular formula is C24H28BClN3O2. The first-order valence-electron chi connectivity index (χ1n) is 10.9. The van der Waals surface area contributed by atoms with Gasteiger partial charge in [0, 0.05) is 0 Å². The molecule has 7 heteroatoms. The number of anilines is 1. The summed E-state index contributed by atoms with van der Waals surface area (Å²) in [6, 6.07) is 14.1. The van der Waals surface area contributed by atoms with E-state index in [4.69, 9.17) is 28.2 Å². The SMILES string of the molecule is [B]=C(c1ccc2oc(NCc3cccc(Cl)c3)nc2c1)N(CC(C)C)CC1CCCO1. The van der Waals surface area contributed by atoms with Crippen LogP contribution in [-0.4, -0.2) is 48.8 Å². The van der Waals surface area contributed by atoms with Crippen molar-refractivity contribution in [2.75, 3.05) is 25.0 Å². The average Bonchev–Trinajstić information content (AvgIpc) is 3.39. The van der Waals surface area contributed by atoms with Crippen LogP contribution in [0.25, 0.3) is 11.1 Å². The van der Waals surface area contributed by atoms with Gasteiger partial charge in [-0.05, 0) is 0 Å². The molecule has 5 nitrogen and oxygen atoms in total. The van der Waals surface area contributed by atoms with E-state index in [0.717, 1.165) is 60.4 Å². The molecule has 3 aromatic rings. The maximum atomic E-state index is 6.61. The second-order valence-electron chi connectivity index (χ2n) is 8.50. The minimum absolute atomic E-state index is 0.246. The summed E-state index contributed by atoms with van der Waals surface area (Å²) in [4.78, 5) is 6.83. The van der Waals surface area contributed by atoms with Gasteiger partial charge in [0.25, 0.3) is 0 Å². The fraction of sp³-hybridized carbons (Fsp3) is 0.417. The predicted molar refractivity (Wildman–Crippen MR) is 128 cm³/mol. The summed E-state index contributed by atoms with van der Waals surface area (Å²) >= 11 is 6.06. The van der Waals surface area contributed by atoms with E-state index in [1.807, 2.05) is 42.5 Å². The van der Waals surface area contributed by atoms with Crippen LogP contribution in [-0.2, 0) is 11.3 Å². The second kappa shape index (κ2) is 9.88. The molecule has 0 aliphatic carbocycles. The molecule has 0 bridgehead atoms. The number of halogens is 1. The Labute approximate surface area is 189 Å². The van der Waals surface area contributed by atoms with Crippen LogP contribution in [0.2, 0.25) is 5.02 Å². The number of fused-ring (bicyclic) bond motifs is 1. The monoisotopic (exact) mass is 436 g/mol. The Morgan fingerprint density at radius 3 is 2.90 bits per heavy atom. The number of nitrogens with zero attached hydrogens (tertiary/aromatic N) is 2. The summed E-state index contributed by atoms with van der Waals surface area (Å²) in [5, 5.41) is 3.93. The van der Waals surface area contributed by atoms with E-state index in [2.05, 4.69) is 29.0 Å². The van der Waals surface area contributed by atoms with Crippen molar-refractivity contribution in [3.05, 3.63) is 58.6 Å². The summed E-state index contributed by atoms with van der Waals surface area (Å²) < 4.78 is 11.7. The molecule has 4 rings (SSSR count). The molecule has 1 aliphatic heterocycles. The van der Waals surface area contributed by atoms with Gasteiger partial charge in [0.15, 0.2) is 0 Å².